The van der Waals surface area contributed by atoms with E-state index in [2.05, 4.69) is 37.5 Å². The first-order chi connectivity index (χ1) is 13.2. The lowest BCUT2D eigenvalue weighted by Gasteiger charge is -2.27. The molecule has 3 heterocycles. The van der Waals surface area contributed by atoms with Crippen LogP contribution in [-0.4, -0.2) is 22.8 Å². The number of fused-ring (bicyclic) bond motifs is 2. The van der Waals surface area contributed by atoms with E-state index in [1.165, 1.54) is 5.56 Å². The minimum Gasteiger partial charge on any atom is -0.454 e. The van der Waals surface area contributed by atoms with Crippen LogP contribution >= 0.6 is 15.9 Å². The molecule has 0 amide bonds. The molecule has 0 radical (unpaired) electrons. The Morgan fingerprint density at radius 2 is 2.00 bits per heavy atom. The third kappa shape index (κ3) is 2.93. The molecule has 1 atom stereocenters. The largest absolute Gasteiger partial charge is 0.454 e. The van der Waals surface area contributed by atoms with Crippen LogP contribution in [0.2, 0.25) is 0 Å². The number of hydrogen-bond acceptors (Lipinski definition) is 4. The second-order valence-electron chi connectivity index (χ2n) is 7.01. The van der Waals surface area contributed by atoms with Crippen LogP contribution in [0.4, 0.5) is 0 Å². The quantitative estimate of drug-likeness (QED) is 0.626. The van der Waals surface area contributed by atoms with Gasteiger partial charge in [-0.1, -0.05) is 12.1 Å². The van der Waals surface area contributed by atoms with Gasteiger partial charge >= 0.3 is 0 Å². The van der Waals surface area contributed by atoms with Crippen LogP contribution in [0.1, 0.15) is 24.4 Å². The number of rotatable bonds is 3. The molecule has 138 valence electrons. The van der Waals surface area contributed by atoms with Crippen LogP contribution in [0.15, 0.2) is 57.9 Å². The summed E-state index contributed by atoms with van der Waals surface area (Å²) in [6.45, 7) is 2.06. The summed E-state index contributed by atoms with van der Waals surface area (Å²) in [6, 6.07) is 14.0. The molecule has 0 aliphatic carbocycles. The number of hydrogen-bond donors (Lipinski definition) is 0. The summed E-state index contributed by atoms with van der Waals surface area (Å²) in [7, 11) is 0. The fourth-order valence-corrected chi connectivity index (χ4v) is 4.73. The zero-order valence-electron chi connectivity index (χ0n) is 14.7. The molecule has 1 unspecified atom stereocenters. The summed E-state index contributed by atoms with van der Waals surface area (Å²) in [5, 5.41) is 0.741. The summed E-state index contributed by atoms with van der Waals surface area (Å²) >= 11 is 3.62. The minimum atomic E-state index is 0.0521. The number of pyridine rings is 1. The van der Waals surface area contributed by atoms with E-state index < -0.39 is 0 Å². The van der Waals surface area contributed by atoms with Crippen molar-refractivity contribution in [1.82, 2.24) is 9.47 Å². The average Bonchev–Trinajstić information content (AvgIpc) is 3.32. The Morgan fingerprint density at radius 1 is 1.11 bits per heavy atom. The molecule has 1 fully saturated rings. The van der Waals surface area contributed by atoms with Crippen LogP contribution in [0.25, 0.3) is 10.9 Å². The Balaban J connectivity index is 1.50. The standard InChI is InChI=1S/C21H19BrN2O3/c22-16-4-1-3-15-18(25)8-10-24(21(15)16)12-23-9-2-5-17(23)14-6-7-19-20(11-14)27-13-26-19/h1,3-4,6-8,10-11,17H,2,5,9,12-13H2. The van der Waals surface area contributed by atoms with E-state index in [1.807, 2.05) is 30.5 Å². The molecule has 1 aromatic heterocycles. The molecule has 5 rings (SSSR count). The van der Waals surface area contributed by atoms with Gasteiger partial charge in [-0.25, -0.2) is 0 Å². The molecule has 5 nitrogen and oxygen atoms in total. The third-order valence-electron chi connectivity index (χ3n) is 5.42. The van der Waals surface area contributed by atoms with Crippen LogP contribution in [0.3, 0.4) is 0 Å². The van der Waals surface area contributed by atoms with Gasteiger partial charge in [0, 0.05) is 34.7 Å². The van der Waals surface area contributed by atoms with Gasteiger partial charge in [-0.15, -0.1) is 0 Å². The summed E-state index contributed by atoms with van der Waals surface area (Å²) < 4.78 is 14.1. The van der Waals surface area contributed by atoms with E-state index >= 15 is 0 Å². The molecular weight excluding hydrogens is 408 g/mol. The SMILES string of the molecule is O=c1ccn(CN2CCCC2c2ccc3c(c2)OCO3)c2c(Br)cccc12. The Kier molecular flexibility index (Phi) is 4.17. The third-order valence-corrected chi connectivity index (χ3v) is 6.06. The van der Waals surface area contributed by atoms with Crippen molar-refractivity contribution in [2.45, 2.75) is 25.6 Å². The van der Waals surface area contributed by atoms with Crippen molar-refractivity contribution in [3.8, 4) is 11.5 Å². The number of benzene rings is 2. The van der Waals surface area contributed by atoms with Crippen molar-refractivity contribution in [2.75, 3.05) is 13.3 Å². The first-order valence-corrected chi connectivity index (χ1v) is 9.91. The Bertz CT molecular complexity index is 1080. The molecular formula is C21H19BrN2O3. The first-order valence-electron chi connectivity index (χ1n) is 9.12. The Morgan fingerprint density at radius 3 is 2.93 bits per heavy atom. The number of aromatic nitrogens is 1. The predicted octanol–water partition coefficient (Wildman–Crippen LogP) is 4.29. The van der Waals surface area contributed by atoms with Gasteiger partial charge in [-0.05, 0) is 58.6 Å². The summed E-state index contributed by atoms with van der Waals surface area (Å²) in [6.07, 6.45) is 4.15. The molecule has 6 heteroatoms. The van der Waals surface area contributed by atoms with Crippen LogP contribution < -0.4 is 14.9 Å². The van der Waals surface area contributed by atoms with Gasteiger partial charge in [0.2, 0.25) is 6.79 Å². The van der Waals surface area contributed by atoms with Gasteiger partial charge < -0.3 is 14.0 Å². The summed E-state index contributed by atoms with van der Waals surface area (Å²) in [4.78, 5) is 14.7. The number of ether oxygens (including phenoxy) is 2. The predicted molar refractivity (Wildman–Crippen MR) is 107 cm³/mol. The van der Waals surface area contributed by atoms with Gasteiger partial charge in [-0.2, -0.15) is 0 Å². The van der Waals surface area contributed by atoms with Gasteiger partial charge in [-0.3, -0.25) is 9.69 Å². The number of para-hydroxylation sites is 1. The smallest absolute Gasteiger partial charge is 0.231 e. The van der Waals surface area contributed by atoms with Crippen molar-refractivity contribution in [3.63, 3.8) is 0 Å². The topological polar surface area (TPSA) is 43.7 Å². The fraction of sp³-hybridized carbons (Fsp3) is 0.286. The lowest BCUT2D eigenvalue weighted by molar-refractivity contribution is 0.173. The van der Waals surface area contributed by atoms with Gasteiger partial charge in [0.15, 0.2) is 16.9 Å². The van der Waals surface area contributed by atoms with Crippen molar-refractivity contribution >= 4 is 26.8 Å². The van der Waals surface area contributed by atoms with Crippen molar-refractivity contribution in [1.29, 1.82) is 0 Å². The molecule has 0 bridgehead atoms. The van der Waals surface area contributed by atoms with Crippen molar-refractivity contribution < 1.29 is 9.47 Å². The van der Waals surface area contributed by atoms with Crippen LogP contribution in [-0.2, 0) is 6.67 Å². The average molecular weight is 427 g/mol. The number of halogens is 1. The number of nitrogens with zero attached hydrogens (tertiary/aromatic N) is 2. The van der Waals surface area contributed by atoms with Gasteiger partial charge in [0.25, 0.3) is 0 Å². The monoisotopic (exact) mass is 426 g/mol. The van der Waals surface area contributed by atoms with E-state index in [-0.39, 0.29) is 5.43 Å². The molecule has 0 spiro atoms. The van der Waals surface area contributed by atoms with Gasteiger partial charge in [0.05, 0.1) is 12.2 Å². The van der Waals surface area contributed by atoms with Crippen LogP contribution in [0.5, 0.6) is 11.5 Å². The van der Waals surface area contributed by atoms with Gasteiger partial charge in [0.1, 0.15) is 0 Å². The molecule has 27 heavy (non-hydrogen) atoms. The number of likely N-dealkylation sites (tertiary alicyclic amines) is 1. The van der Waals surface area contributed by atoms with Crippen molar-refractivity contribution in [3.05, 3.63) is 68.9 Å². The lowest BCUT2D eigenvalue weighted by atomic mass is 10.0. The minimum absolute atomic E-state index is 0.0521. The molecule has 0 saturated carbocycles. The molecule has 2 aliphatic heterocycles. The van der Waals surface area contributed by atoms with E-state index in [0.717, 1.165) is 52.9 Å². The molecule has 2 aromatic carbocycles. The van der Waals surface area contributed by atoms with E-state index in [1.54, 1.807) is 6.07 Å². The highest BCUT2D eigenvalue weighted by Crippen LogP contribution is 2.39. The summed E-state index contributed by atoms with van der Waals surface area (Å²) in [5.74, 6) is 1.65. The normalized spacial score (nSPS) is 19.1. The maximum absolute atomic E-state index is 12.2. The Hall–Kier alpha value is -2.31. The van der Waals surface area contributed by atoms with Crippen molar-refractivity contribution in [2.24, 2.45) is 0 Å². The lowest BCUT2D eigenvalue weighted by Crippen LogP contribution is -2.27. The zero-order valence-corrected chi connectivity index (χ0v) is 16.3. The van der Waals surface area contributed by atoms with E-state index in [9.17, 15) is 4.79 Å². The molecule has 0 N–H and O–H groups in total. The van der Waals surface area contributed by atoms with E-state index in [0.29, 0.717) is 12.8 Å². The highest BCUT2D eigenvalue weighted by Gasteiger charge is 2.28. The maximum atomic E-state index is 12.2. The highest BCUT2D eigenvalue weighted by molar-refractivity contribution is 9.10. The molecule has 2 aliphatic rings. The second-order valence-corrected chi connectivity index (χ2v) is 7.86. The van der Waals surface area contributed by atoms with E-state index in [4.69, 9.17) is 9.47 Å². The van der Waals surface area contributed by atoms with Crippen LogP contribution in [0, 0.1) is 0 Å². The summed E-state index contributed by atoms with van der Waals surface area (Å²) in [5.41, 5.74) is 2.25. The zero-order chi connectivity index (χ0) is 18.4. The molecule has 1 saturated heterocycles. The second kappa shape index (κ2) is 6.69. The Labute approximate surface area is 165 Å². The molecule has 3 aromatic rings. The fourth-order valence-electron chi connectivity index (χ4n) is 4.13. The first kappa shape index (κ1) is 16.8. The highest BCUT2D eigenvalue weighted by atomic mass is 79.9. The maximum Gasteiger partial charge on any atom is 0.231 e.